The van der Waals surface area contributed by atoms with E-state index in [1.165, 1.54) is 4.90 Å². The lowest BCUT2D eigenvalue weighted by Gasteiger charge is -2.17. The molecule has 2 aliphatic carbocycles. The van der Waals surface area contributed by atoms with E-state index in [2.05, 4.69) is 33.4 Å². The van der Waals surface area contributed by atoms with E-state index in [1.54, 1.807) is 36.4 Å². The third kappa shape index (κ3) is 2.63. The molecule has 0 aromatic heterocycles. The van der Waals surface area contributed by atoms with E-state index in [-0.39, 0.29) is 41.4 Å². The van der Waals surface area contributed by atoms with Crippen molar-refractivity contribution >= 4 is 45.0 Å². The van der Waals surface area contributed by atoms with Gasteiger partial charge in [-0.3, -0.25) is 19.3 Å². The van der Waals surface area contributed by atoms with E-state index in [4.69, 9.17) is 0 Å². The van der Waals surface area contributed by atoms with Crippen molar-refractivity contribution in [1.82, 2.24) is 0 Å². The zero-order valence-electron chi connectivity index (χ0n) is 14.8. The SMILES string of the molecule is O=C(Nc1ccc(Br)cc1)c1ccc(N2C(=O)[C@@H]3[C@H](C2=O)[C@H]2C=C[C@H]3C2)cc1. The summed E-state index contributed by atoms with van der Waals surface area (Å²) in [6.07, 6.45) is 5.07. The second-order valence-corrected chi connectivity index (χ2v) is 8.44. The van der Waals surface area contributed by atoms with Gasteiger partial charge in [0.2, 0.25) is 11.8 Å². The zero-order chi connectivity index (χ0) is 19.4. The summed E-state index contributed by atoms with van der Waals surface area (Å²) in [4.78, 5) is 39.5. The van der Waals surface area contributed by atoms with E-state index >= 15 is 0 Å². The number of anilines is 2. The molecule has 0 radical (unpaired) electrons. The molecule has 0 spiro atoms. The molecule has 2 bridgehead atoms. The van der Waals surface area contributed by atoms with Gasteiger partial charge in [-0.15, -0.1) is 0 Å². The third-order valence-corrected chi connectivity index (χ3v) is 6.49. The maximum atomic E-state index is 12.9. The number of fused-ring (bicyclic) bond motifs is 5. The summed E-state index contributed by atoms with van der Waals surface area (Å²) < 4.78 is 0.934. The van der Waals surface area contributed by atoms with Crippen LogP contribution in [0, 0.1) is 23.7 Å². The van der Waals surface area contributed by atoms with Crippen LogP contribution in [0.1, 0.15) is 16.8 Å². The molecule has 1 saturated carbocycles. The van der Waals surface area contributed by atoms with Crippen LogP contribution in [-0.4, -0.2) is 17.7 Å². The first-order valence-electron chi connectivity index (χ1n) is 9.26. The number of rotatable bonds is 3. The van der Waals surface area contributed by atoms with Crippen LogP contribution in [0.25, 0.3) is 0 Å². The van der Waals surface area contributed by atoms with Gasteiger partial charge in [-0.25, -0.2) is 0 Å². The minimum absolute atomic E-state index is 0.112. The summed E-state index contributed by atoms with van der Waals surface area (Å²) in [5.74, 6) is -0.532. The van der Waals surface area contributed by atoms with Crippen LogP contribution in [0.5, 0.6) is 0 Å². The normalized spacial score (nSPS) is 27.4. The highest BCUT2D eigenvalue weighted by molar-refractivity contribution is 9.10. The van der Waals surface area contributed by atoms with Gasteiger partial charge in [-0.2, -0.15) is 0 Å². The van der Waals surface area contributed by atoms with Crippen LogP contribution in [0.4, 0.5) is 11.4 Å². The Kier molecular flexibility index (Phi) is 3.98. The fraction of sp³-hybridized carbons (Fsp3) is 0.227. The van der Waals surface area contributed by atoms with Gasteiger partial charge in [0.05, 0.1) is 17.5 Å². The first kappa shape index (κ1) is 17.4. The molecule has 0 unspecified atom stereocenters. The Morgan fingerprint density at radius 3 is 2.04 bits per heavy atom. The summed E-state index contributed by atoms with van der Waals surface area (Å²) in [5.41, 5.74) is 1.69. The second kappa shape index (κ2) is 6.41. The van der Waals surface area contributed by atoms with Gasteiger partial charge in [0.1, 0.15) is 0 Å². The number of carbonyl (C=O) groups is 3. The number of imide groups is 1. The van der Waals surface area contributed by atoms with Crippen molar-refractivity contribution in [2.45, 2.75) is 6.42 Å². The average Bonchev–Trinajstić information content (AvgIpc) is 3.38. The Hall–Kier alpha value is -2.73. The van der Waals surface area contributed by atoms with Gasteiger partial charge in [-0.05, 0) is 66.8 Å². The topological polar surface area (TPSA) is 66.5 Å². The summed E-state index contributed by atoms with van der Waals surface area (Å²) in [7, 11) is 0. The minimum atomic E-state index is -0.243. The highest BCUT2D eigenvalue weighted by Gasteiger charge is 2.59. The smallest absolute Gasteiger partial charge is 0.255 e. The highest BCUT2D eigenvalue weighted by Crippen LogP contribution is 2.53. The van der Waals surface area contributed by atoms with Crippen LogP contribution in [0.2, 0.25) is 0 Å². The molecule has 1 N–H and O–H groups in total. The molecule has 2 aromatic rings. The van der Waals surface area contributed by atoms with Gasteiger partial charge in [-0.1, -0.05) is 28.1 Å². The van der Waals surface area contributed by atoms with Crippen LogP contribution >= 0.6 is 15.9 Å². The largest absolute Gasteiger partial charge is 0.322 e. The molecule has 1 aliphatic heterocycles. The molecule has 1 heterocycles. The monoisotopic (exact) mass is 436 g/mol. The van der Waals surface area contributed by atoms with Crippen molar-refractivity contribution in [2.24, 2.45) is 23.7 Å². The molecule has 2 fully saturated rings. The Morgan fingerprint density at radius 2 is 1.46 bits per heavy atom. The number of nitrogens with one attached hydrogen (secondary N) is 1. The van der Waals surface area contributed by atoms with Crippen molar-refractivity contribution in [2.75, 3.05) is 10.2 Å². The van der Waals surface area contributed by atoms with Gasteiger partial charge >= 0.3 is 0 Å². The van der Waals surface area contributed by atoms with E-state index in [1.807, 2.05) is 12.1 Å². The molecule has 28 heavy (non-hydrogen) atoms. The number of hydrogen-bond donors (Lipinski definition) is 1. The van der Waals surface area contributed by atoms with E-state index in [0.29, 0.717) is 16.9 Å². The Labute approximate surface area is 170 Å². The Bertz CT molecular complexity index is 983. The number of carbonyl (C=O) groups excluding carboxylic acids is 3. The molecule has 1 saturated heterocycles. The van der Waals surface area contributed by atoms with Crippen LogP contribution in [0.3, 0.4) is 0 Å². The van der Waals surface area contributed by atoms with Crippen molar-refractivity contribution in [3.63, 3.8) is 0 Å². The summed E-state index contributed by atoms with van der Waals surface area (Å²) in [6.45, 7) is 0. The van der Waals surface area contributed by atoms with Crippen molar-refractivity contribution in [3.8, 4) is 0 Å². The maximum Gasteiger partial charge on any atom is 0.255 e. The number of hydrogen-bond acceptors (Lipinski definition) is 3. The quantitative estimate of drug-likeness (QED) is 0.583. The van der Waals surface area contributed by atoms with Crippen molar-refractivity contribution in [1.29, 1.82) is 0 Å². The van der Waals surface area contributed by atoms with Gasteiger partial charge < -0.3 is 5.32 Å². The summed E-state index contributed by atoms with van der Waals surface area (Å²) in [5, 5.41) is 2.83. The number of amides is 3. The van der Waals surface area contributed by atoms with E-state index in [0.717, 1.165) is 10.9 Å². The van der Waals surface area contributed by atoms with Gasteiger partial charge in [0, 0.05) is 15.7 Å². The molecule has 5 nitrogen and oxygen atoms in total. The van der Waals surface area contributed by atoms with E-state index < -0.39 is 0 Å². The summed E-state index contributed by atoms with van der Waals surface area (Å²) in [6, 6.07) is 13.9. The van der Waals surface area contributed by atoms with Crippen LogP contribution in [-0.2, 0) is 9.59 Å². The lowest BCUT2D eigenvalue weighted by Crippen LogP contribution is -2.32. The number of halogens is 1. The predicted molar refractivity (Wildman–Crippen MR) is 109 cm³/mol. The van der Waals surface area contributed by atoms with Crippen molar-refractivity contribution < 1.29 is 14.4 Å². The average molecular weight is 437 g/mol. The number of benzene rings is 2. The molecule has 4 atom stereocenters. The number of allylic oxidation sites excluding steroid dienone is 2. The zero-order valence-corrected chi connectivity index (χ0v) is 16.4. The molecule has 140 valence electrons. The number of nitrogens with zero attached hydrogens (tertiary/aromatic N) is 1. The molecule has 5 rings (SSSR count). The molecule has 2 aromatic carbocycles. The summed E-state index contributed by atoms with van der Waals surface area (Å²) >= 11 is 3.36. The van der Waals surface area contributed by atoms with E-state index in [9.17, 15) is 14.4 Å². The molecule has 3 amide bonds. The first-order chi connectivity index (χ1) is 13.5. The maximum absolute atomic E-state index is 12.9. The second-order valence-electron chi connectivity index (χ2n) is 7.52. The molecule has 6 heteroatoms. The molecular weight excluding hydrogens is 420 g/mol. The Morgan fingerprint density at radius 1 is 0.893 bits per heavy atom. The highest BCUT2D eigenvalue weighted by atomic mass is 79.9. The third-order valence-electron chi connectivity index (χ3n) is 5.96. The fourth-order valence-corrected chi connectivity index (χ4v) is 4.92. The van der Waals surface area contributed by atoms with Gasteiger partial charge in [0.25, 0.3) is 5.91 Å². The lowest BCUT2D eigenvalue weighted by molar-refractivity contribution is -0.123. The predicted octanol–water partition coefficient (Wildman–Crippen LogP) is 4.01. The minimum Gasteiger partial charge on any atom is -0.322 e. The van der Waals surface area contributed by atoms with Crippen molar-refractivity contribution in [3.05, 3.63) is 70.7 Å². The fourth-order valence-electron chi connectivity index (χ4n) is 4.66. The lowest BCUT2D eigenvalue weighted by atomic mass is 9.85. The van der Waals surface area contributed by atoms with Crippen LogP contribution in [0.15, 0.2) is 65.2 Å². The standard InChI is InChI=1S/C22H17BrN2O3/c23-15-5-7-16(8-6-15)24-20(26)12-3-9-17(10-4-12)25-21(27)18-13-1-2-14(11-13)19(18)22(25)28/h1-10,13-14,18-19H,11H2,(H,24,26)/t13-,14-,18-,19+/m0/s1. The molecule has 3 aliphatic rings. The van der Waals surface area contributed by atoms with Crippen LogP contribution < -0.4 is 10.2 Å². The Balaban J connectivity index is 1.34. The first-order valence-corrected chi connectivity index (χ1v) is 10.1. The molecular formula is C22H17BrN2O3. The van der Waals surface area contributed by atoms with Gasteiger partial charge in [0.15, 0.2) is 0 Å².